The summed E-state index contributed by atoms with van der Waals surface area (Å²) in [6, 6.07) is 11.5. The Morgan fingerprint density at radius 2 is 2.00 bits per heavy atom. The summed E-state index contributed by atoms with van der Waals surface area (Å²) in [6.45, 7) is 5.03. The fourth-order valence-electron chi connectivity index (χ4n) is 1.91. The zero-order valence-electron chi connectivity index (χ0n) is 12.9. The molecule has 0 aliphatic carbocycles. The molecule has 116 valence electrons. The van der Waals surface area contributed by atoms with Gasteiger partial charge in [0.25, 0.3) is 0 Å². The van der Waals surface area contributed by atoms with E-state index in [9.17, 15) is 4.79 Å². The number of hydrogen-bond donors (Lipinski definition) is 1. The molecule has 4 nitrogen and oxygen atoms in total. The van der Waals surface area contributed by atoms with E-state index in [1.54, 1.807) is 24.5 Å². The van der Waals surface area contributed by atoms with Gasteiger partial charge in [0.05, 0.1) is 19.0 Å². The van der Waals surface area contributed by atoms with E-state index in [1.807, 2.05) is 38.1 Å². The molecule has 0 unspecified atom stereocenters. The average Bonchev–Trinajstić information content (AvgIpc) is 3.03. The van der Waals surface area contributed by atoms with Gasteiger partial charge >= 0.3 is 0 Å². The summed E-state index contributed by atoms with van der Waals surface area (Å²) >= 11 is 0. The molecule has 0 atom stereocenters. The summed E-state index contributed by atoms with van der Waals surface area (Å²) in [6.07, 6.45) is 4.86. The predicted octanol–water partition coefficient (Wildman–Crippen LogP) is 3.53. The molecule has 4 heteroatoms. The van der Waals surface area contributed by atoms with Crippen LogP contribution in [-0.2, 0) is 22.7 Å². The Bertz CT molecular complexity index is 615. The van der Waals surface area contributed by atoms with Crippen LogP contribution >= 0.6 is 0 Å². The lowest BCUT2D eigenvalue weighted by Crippen LogP contribution is -2.21. The molecule has 0 saturated heterocycles. The van der Waals surface area contributed by atoms with E-state index in [4.69, 9.17) is 9.15 Å². The molecule has 0 aliphatic rings. The van der Waals surface area contributed by atoms with Gasteiger partial charge in [0.15, 0.2) is 0 Å². The van der Waals surface area contributed by atoms with Crippen molar-refractivity contribution in [3.8, 4) is 0 Å². The highest BCUT2D eigenvalue weighted by Gasteiger charge is 2.04. The van der Waals surface area contributed by atoms with Crippen LogP contribution < -0.4 is 5.32 Å². The molecule has 1 aromatic carbocycles. The highest BCUT2D eigenvalue weighted by molar-refractivity contribution is 5.91. The second kappa shape index (κ2) is 8.20. The maximum Gasteiger partial charge on any atom is 0.244 e. The molecule has 2 aromatic rings. The van der Waals surface area contributed by atoms with Gasteiger partial charge in [0.1, 0.15) is 5.76 Å². The monoisotopic (exact) mass is 299 g/mol. The Kier molecular flexibility index (Phi) is 5.98. The third kappa shape index (κ3) is 5.22. The lowest BCUT2D eigenvalue weighted by Gasteiger charge is -2.12. The smallest absolute Gasteiger partial charge is 0.244 e. The number of carbonyl (C=O) groups is 1. The maximum atomic E-state index is 11.8. The molecular weight excluding hydrogens is 278 g/mol. The van der Waals surface area contributed by atoms with Crippen LogP contribution in [0.5, 0.6) is 0 Å². The number of carbonyl (C=O) groups excluding carboxylic acids is 1. The van der Waals surface area contributed by atoms with Crippen molar-refractivity contribution >= 4 is 12.0 Å². The van der Waals surface area contributed by atoms with Gasteiger partial charge in [-0.3, -0.25) is 4.79 Å². The number of amides is 1. The van der Waals surface area contributed by atoms with Gasteiger partial charge in [0, 0.05) is 12.6 Å². The highest BCUT2D eigenvalue weighted by atomic mass is 16.5. The van der Waals surface area contributed by atoms with E-state index in [2.05, 4.69) is 5.32 Å². The van der Waals surface area contributed by atoms with Crippen LogP contribution in [0, 0.1) is 0 Å². The summed E-state index contributed by atoms with van der Waals surface area (Å²) in [5.74, 6) is 0.497. The summed E-state index contributed by atoms with van der Waals surface area (Å²) in [5.41, 5.74) is 2.15. The lowest BCUT2D eigenvalue weighted by atomic mass is 10.1. The van der Waals surface area contributed by atoms with Gasteiger partial charge in [-0.2, -0.15) is 0 Å². The van der Waals surface area contributed by atoms with Gasteiger partial charge in [-0.15, -0.1) is 0 Å². The molecule has 2 rings (SSSR count). The third-order valence-electron chi connectivity index (χ3n) is 3.09. The van der Waals surface area contributed by atoms with E-state index in [0.717, 1.165) is 11.1 Å². The van der Waals surface area contributed by atoms with Crippen molar-refractivity contribution in [3.63, 3.8) is 0 Å². The van der Waals surface area contributed by atoms with Crippen molar-refractivity contribution in [3.05, 3.63) is 65.6 Å². The van der Waals surface area contributed by atoms with Crippen LogP contribution in [0.1, 0.15) is 30.7 Å². The first-order valence-corrected chi connectivity index (χ1v) is 7.33. The number of hydrogen-bond acceptors (Lipinski definition) is 3. The molecule has 1 heterocycles. The third-order valence-corrected chi connectivity index (χ3v) is 3.09. The van der Waals surface area contributed by atoms with Gasteiger partial charge in [0.2, 0.25) is 5.91 Å². The fraction of sp³-hybridized carbons (Fsp3) is 0.278. The number of ether oxygens (including phenoxy) is 1. The van der Waals surface area contributed by atoms with Crippen molar-refractivity contribution in [2.45, 2.75) is 33.1 Å². The van der Waals surface area contributed by atoms with Gasteiger partial charge in [-0.25, -0.2) is 0 Å². The quantitative estimate of drug-likeness (QED) is 0.796. The zero-order valence-corrected chi connectivity index (χ0v) is 12.9. The Morgan fingerprint density at radius 3 is 2.68 bits per heavy atom. The van der Waals surface area contributed by atoms with Gasteiger partial charge in [-0.1, -0.05) is 24.3 Å². The predicted molar refractivity (Wildman–Crippen MR) is 86.0 cm³/mol. The van der Waals surface area contributed by atoms with Crippen LogP contribution in [0.4, 0.5) is 0 Å². The van der Waals surface area contributed by atoms with Gasteiger partial charge < -0.3 is 14.5 Å². The molecule has 1 amide bonds. The van der Waals surface area contributed by atoms with Crippen LogP contribution in [0.25, 0.3) is 6.08 Å². The minimum Gasteiger partial charge on any atom is -0.465 e. The van der Waals surface area contributed by atoms with Crippen molar-refractivity contribution in [1.29, 1.82) is 0 Å². The van der Waals surface area contributed by atoms with Crippen LogP contribution in [-0.4, -0.2) is 12.0 Å². The summed E-state index contributed by atoms with van der Waals surface area (Å²) in [5, 5.41) is 2.87. The Hall–Kier alpha value is -2.33. The minimum absolute atomic E-state index is 0.156. The first-order chi connectivity index (χ1) is 10.6. The molecule has 0 fully saturated rings. The normalized spacial score (nSPS) is 11.2. The molecule has 1 N–H and O–H groups in total. The Labute approximate surface area is 130 Å². The standard InChI is InChI=1S/C18H21NO3/c1-14(2)22-13-16-7-4-3-6-15(16)12-19-18(20)10-9-17-8-5-11-21-17/h3-11,14H,12-13H2,1-2H3,(H,19,20). The Balaban J connectivity index is 1.89. The molecule has 22 heavy (non-hydrogen) atoms. The van der Waals surface area contributed by atoms with E-state index in [1.165, 1.54) is 6.08 Å². The molecular formula is C18H21NO3. The first kappa shape index (κ1) is 16.0. The van der Waals surface area contributed by atoms with Crippen molar-refractivity contribution in [1.82, 2.24) is 5.32 Å². The van der Waals surface area contributed by atoms with Crippen LogP contribution in [0.2, 0.25) is 0 Å². The van der Waals surface area contributed by atoms with Crippen molar-refractivity contribution in [2.75, 3.05) is 0 Å². The summed E-state index contributed by atoms with van der Waals surface area (Å²) in [4.78, 5) is 11.8. The van der Waals surface area contributed by atoms with E-state index in [0.29, 0.717) is 18.9 Å². The molecule has 0 spiro atoms. The van der Waals surface area contributed by atoms with E-state index in [-0.39, 0.29) is 12.0 Å². The largest absolute Gasteiger partial charge is 0.465 e. The minimum atomic E-state index is -0.156. The van der Waals surface area contributed by atoms with Crippen molar-refractivity contribution in [2.24, 2.45) is 0 Å². The second-order valence-corrected chi connectivity index (χ2v) is 5.20. The fourth-order valence-corrected chi connectivity index (χ4v) is 1.91. The average molecular weight is 299 g/mol. The molecule has 0 radical (unpaired) electrons. The van der Waals surface area contributed by atoms with Crippen LogP contribution in [0.3, 0.4) is 0 Å². The van der Waals surface area contributed by atoms with E-state index >= 15 is 0 Å². The second-order valence-electron chi connectivity index (χ2n) is 5.20. The first-order valence-electron chi connectivity index (χ1n) is 7.33. The SMILES string of the molecule is CC(C)OCc1ccccc1CNC(=O)C=Cc1ccco1. The number of nitrogens with one attached hydrogen (secondary N) is 1. The maximum absolute atomic E-state index is 11.8. The van der Waals surface area contributed by atoms with E-state index < -0.39 is 0 Å². The molecule has 1 aromatic heterocycles. The number of benzene rings is 1. The van der Waals surface area contributed by atoms with Crippen LogP contribution in [0.15, 0.2) is 53.2 Å². The number of rotatable bonds is 7. The van der Waals surface area contributed by atoms with Gasteiger partial charge in [-0.05, 0) is 43.2 Å². The number of furan rings is 1. The molecule has 0 aliphatic heterocycles. The summed E-state index contributed by atoms with van der Waals surface area (Å²) < 4.78 is 10.8. The highest BCUT2D eigenvalue weighted by Crippen LogP contribution is 2.11. The molecule has 0 bridgehead atoms. The lowest BCUT2D eigenvalue weighted by molar-refractivity contribution is -0.116. The molecule has 0 saturated carbocycles. The zero-order chi connectivity index (χ0) is 15.8. The van der Waals surface area contributed by atoms with Crippen molar-refractivity contribution < 1.29 is 13.9 Å². The topological polar surface area (TPSA) is 51.5 Å². The Morgan fingerprint density at radius 1 is 1.23 bits per heavy atom. The summed E-state index contributed by atoms with van der Waals surface area (Å²) in [7, 11) is 0.